The molecule has 0 spiro atoms. The number of rotatable bonds is 6. The Morgan fingerprint density at radius 1 is 1.40 bits per heavy atom. The normalized spacial score (nSPS) is 12.0. The molecule has 2 rings (SSSR count). The average Bonchev–Trinajstić information content (AvgIpc) is 2.96. The van der Waals surface area contributed by atoms with E-state index in [9.17, 15) is 8.42 Å². The molecule has 20 heavy (non-hydrogen) atoms. The summed E-state index contributed by atoms with van der Waals surface area (Å²) >= 11 is 1.45. The SMILES string of the molecule is CC(C)NCc1cc(S(=O)(=O)Nc2ccsc2)cn1C. The number of anilines is 1. The first-order valence-corrected chi connectivity index (χ1v) is 8.75. The van der Waals surface area contributed by atoms with Gasteiger partial charge in [0.15, 0.2) is 0 Å². The van der Waals surface area contributed by atoms with E-state index in [1.54, 1.807) is 23.7 Å². The molecule has 0 unspecified atom stereocenters. The van der Waals surface area contributed by atoms with Gasteiger partial charge in [-0.2, -0.15) is 11.3 Å². The number of thiophene rings is 1. The van der Waals surface area contributed by atoms with E-state index >= 15 is 0 Å². The lowest BCUT2D eigenvalue weighted by molar-refractivity contribution is 0.571. The predicted octanol–water partition coefficient (Wildman–Crippen LogP) is 2.39. The third kappa shape index (κ3) is 3.62. The molecule has 7 heteroatoms. The quantitative estimate of drug-likeness (QED) is 0.860. The Hall–Kier alpha value is -1.31. The second kappa shape index (κ2) is 5.99. The van der Waals surface area contributed by atoms with Crippen molar-refractivity contribution in [1.82, 2.24) is 9.88 Å². The minimum absolute atomic E-state index is 0.284. The molecule has 0 saturated carbocycles. The summed E-state index contributed by atoms with van der Waals surface area (Å²) in [6, 6.07) is 3.80. The van der Waals surface area contributed by atoms with Gasteiger partial charge in [-0.3, -0.25) is 4.72 Å². The molecule has 0 aromatic carbocycles. The van der Waals surface area contributed by atoms with E-state index < -0.39 is 10.0 Å². The number of hydrogen-bond acceptors (Lipinski definition) is 4. The maximum absolute atomic E-state index is 12.3. The molecule has 0 radical (unpaired) electrons. The molecule has 2 N–H and O–H groups in total. The third-order valence-corrected chi connectivity index (χ3v) is 4.89. The first-order valence-electron chi connectivity index (χ1n) is 6.32. The number of hydrogen-bond donors (Lipinski definition) is 2. The van der Waals surface area contributed by atoms with Crippen LogP contribution in [0.4, 0.5) is 5.69 Å². The Balaban J connectivity index is 2.18. The van der Waals surface area contributed by atoms with Crippen LogP contribution in [0.25, 0.3) is 0 Å². The van der Waals surface area contributed by atoms with Gasteiger partial charge < -0.3 is 9.88 Å². The van der Waals surface area contributed by atoms with E-state index in [0.29, 0.717) is 18.3 Å². The Labute approximate surface area is 123 Å². The summed E-state index contributed by atoms with van der Waals surface area (Å²) in [5, 5.41) is 6.88. The molecule has 0 fully saturated rings. The summed E-state index contributed by atoms with van der Waals surface area (Å²) in [6.07, 6.45) is 1.63. The molecule has 0 aliphatic heterocycles. The molecule has 0 aliphatic rings. The molecule has 0 atom stereocenters. The van der Waals surface area contributed by atoms with E-state index in [1.807, 2.05) is 17.0 Å². The molecule has 0 amide bonds. The van der Waals surface area contributed by atoms with Crippen molar-refractivity contribution in [3.05, 3.63) is 34.8 Å². The summed E-state index contributed by atoms with van der Waals surface area (Å²) in [4.78, 5) is 0.284. The van der Waals surface area contributed by atoms with Gasteiger partial charge >= 0.3 is 0 Å². The zero-order valence-corrected chi connectivity index (χ0v) is 13.4. The highest BCUT2D eigenvalue weighted by atomic mass is 32.2. The molecule has 0 aliphatic carbocycles. The van der Waals surface area contributed by atoms with Crippen molar-refractivity contribution in [1.29, 1.82) is 0 Å². The summed E-state index contributed by atoms with van der Waals surface area (Å²) in [7, 11) is -1.67. The zero-order chi connectivity index (χ0) is 14.8. The van der Waals surface area contributed by atoms with Gasteiger partial charge in [0, 0.05) is 36.9 Å². The topological polar surface area (TPSA) is 63.1 Å². The molecule has 0 bridgehead atoms. The number of nitrogens with one attached hydrogen (secondary N) is 2. The fourth-order valence-corrected chi connectivity index (χ4v) is 3.55. The number of sulfonamides is 1. The van der Waals surface area contributed by atoms with Crippen LogP contribution in [0, 0.1) is 0 Å². The maximum Gasteiger partial charge on any atom is 0.263 e. The number of nitrogens with zero attached hydrogens (tertiary/aromatic N) is 1. The predicted molar refractivity (Wildman–Crippen MR) is 82.5 cm³/mol. The minimum Gasteiger partial charge on any atom is -0.352 e. The molecule has 2 aromatic rings. The summed E-state index contributed by atoms with van der Waals surface area (Å²) in [6.45, 7) is 4.75. The Bertz CT molecular complexity index is 658. The second-order valence-corrected chi connectivity index (χ2v) is 7.39. The van der Waals surface area contributed by atoms with Crippen molar-refractivity contribution in [3.63, 3.8) is 0 Å². The molecule has 2 aromatic heterocycles. The van der Waals surface area contributed by atoms with E-state index in [2.05, 4.69) is 23.9 Å². The van der Waals surface area contributed by atoms with Crippen LogP contribution in [0.15, 0.2) is 34.0 Å². The van der Waals surface area contributed by atoms with Gasteiger partial charge in [0.1, 0.15) is 4.90 Å². The second-order valence-electron chi connectivity index (χ2n) is 4.93. The molecule has 2 heterocycles. The lowest BCUT2D eigenvalue weighted by Gasteiger charge is -2.08. The Morgan fingerprint density at radius 3 is 2.75 bits per heavy atom. The molecule has 5 nitrogen and oxygen atoms in total. The van der Waals surface area contributed by atoms with Crippen LogP contribution in [-0.2, 0) is 23.6 Å². The van der Waals surface area contributed by atoms with Crippen molar-refractivity contribution in [2.45, 2.75) is 31.3 Å². The van der Waals surface area contributed by atoms with Gasteiger partial charge in [-0.25, -0.2) is 8.42 Å². The highest BCUT2D eigenvalue weighted by Gasteiger charge is 2.17. The number of aromatic nitrogens is 1. The van der Waals surface area contributed by atoms with E-state index in [1.165, 1.54) is 11.3 Å². The largest absolute Gasteiger partial charge is 0.352 e. The lowest BCUT2D eigenvalue weighted by Crippen LogP contribution is -2.22. The van der Waals surface area contributed by atoms with Crippen molar-refractivity contribution in [2.75, 3.05) is 4.72 Å². The van der Waals surface area contributed by atoms with Gasteiger partial charge in [-0.05, 0) is 17.5 Å². The van der Waals surface area contributed by atoms with Gasteiger partial charge in [-0.1, -0.05) is 13.8 Å². The molecular weight excluding hydrogens is 294 g/mol. The van der Waals surface area contributed by atoms with Crippen molar-refractivity contribution in [2.24, 2.45) is 7.05 Å². The van der Waals surface area contributed by atoms with E-state index in [4.69, 9.17) is 0 Å². The standard InChI is InChI=1S/C13H19N3O2S2/c1-10(2)14-7-12-6-13(8-16(12)3)20(17,18)15-11-4-5-19-9-11/h4-6,8-10,14-15H,7H2,1-3H3. The first-order chi connectivity index (χ1) is 9.38. The smallest absolute Gasteiger partial charge is 0.263 e. The lowest BCUT2D eigenvalue weighted by atomic mass is 10.3. The highest BCUT2D eigenvalue weighted by molar-refractivity contribution is 7.92. The van der Waals surface area contributed by atoms with Crippen LogP contribution in [0.3, 0.4) is 0 Å². The van der Waals surface area contributed by atoms with Crippen molar-refractivity contribution in [3.8, 4) is 0 Å². The van der Waals surface area contributed by atoms with E-state index in [0.717, 1.165) is 5.69 Å². The first kappa shape index (κ1) is 15.1. The van der Waals surface area contributed by atoms with Gasteiger partial charge in [0.05, 0.1) is 5.69 Å². The Morgan fingerprint density at radius 2 is 2.15 bits per heavy atom. The van der Waals surface area contributed by atoms with Crippen LogP contribution < -0.4 is 10.0 Å². The fourth-order valence-electron chi connectivity index (χ4n) is 1.75. The maximum atomic E-state index is 12.3. The van der Waals surface area contributed by atoms with Crippen molar-refractivity contribution < 1.29 is 8.42 Å². The zero-order valence-electron chi connectivity index (χ0n) is 11.8. The Kier molecular flexibility index (Phi) is 4.52. The van der Waals surface area contributed by atoms with Crippen LogP contribution in [0.1, 0.15) is 19.5 Å². The summed E-state index contributed by atoms with van der Waals surface area (Å²) in [5.41, 5.74) is 1.53. The molecule has 110 valence electrons. The highest BCUT2D eigenvalue weighted by Crippen LogP contribution is 2.20. The minimum atomic E-state index is -3.52. The van der Waals surface area contributed by atoms with Crippen LogP contribution in [-0.4, -0.2) is 19.0 Å². The monoisotopic (exact) mass is 313 g/mol. The van der Waals surface area contributed by atoms with Gasteiger partial charge in [-0.15, -0.1) is 0 Å². The molecule has 0 saturated heterocycles. The molecular formula is C13H19N3O2S2. The van der Waals surface area contributed by atoms with Crippen LogP contribution >= 0.6 is 11.3 Å². The summed E-state index contributed by atoms with van der Waals surface area (Å²) < 4.78 is 28.9. The summed E-state index contributed by atoms with van der Waals surface area (Å²) in [5.74, 6) is 0. The number of aryl methyl sites for hydroxylation is 1. The average molecular weight is 313 g/mol. The fraction of sp³-hybridized carbons (Fsp3) is 0.385. The van der Waals surface area contributed by atoms with Crippen LogP contribution in [0.5, 0.6) is 0 Å². The van der Waals surface area contributed by atoms with Gasteiger partial charge in [0.2, 0.25) is 0 Å². The van der Waals surface area contributed by atoms with Gasteiger partial charge in [0.25, 0.3) is 10.0 Å². The van der Waals surface area contributed by atoms with Crippen LogP contribution in [0.2, 0.25) is 0 Å². The van der Waals surface area contributed by atoms with Crippen molar-refractivity contribution >= 4 is 27.0 Å². The third-order valence-electron chi connectivity index (χ3n) is 2.86. The van der Waals surface area contributed by atoms with E-state index in [-0.39, 0.29) is 4.90 Å².